The molecule has 0 unspecified atom stereocenters. The highest BCUT2D eigenvalue weighted by Gasteiger charge is 2.17. The lowest BCUT2D eigenvalue weighted by molar-refractivity contribution is -0.0512. The molecule has 0 fully saturated rings. The third kappa shape index (κ3) is 4.90. The molecule has 0 aliphatic rings. The Balaban J connectivity index is 2.17. The summed E-state index contributed by atoms with van der Waals surface area (Å²) in [6, 6.07) is 9.31. The summed E-state index contributed by atoms with van der Waals surface area (Å²) in [5, 5.41) is 0. The quantitative estimate of drug-likeness (QED) is 0.810. The number of halogens is 2. The molecule has 0 aliphatic heterocycles. The van der Waals surface area contributed by atoms with E-state index in [9.17, 15) is 17.2 Å². The first-order valence-corrected chi connectivity index (χ1v) is 8.90. The summed E-state index contributed by atoms with van der Waals surface area (Å²) in [6.07, 6.45) is 0. The van der Waals surface area contributed by atoms with Crippen molar-refractivity contribution in [3.05, 3.63) is 53.1 Å². The number of aryl methyl sites for hydroxylation is 2. The Morgan fingerprint density at radius 1 is 1.08 bits per heavy atom. The van der Waals surface area contributed by atoms with Gasteiger partial charge in [-0.25, -0.2) is 13.1 Å². The molecule has 5 nitrogen and oxygen atoms in total. The lowest BCUT2D eigenvalue weighted by atomic mass is 10.2. The molecule has 0 saturated carbocycles. The van der Waals surface area contributed by atoms with Gasteiger partial charge in [0.25, 0.3) is 0 Å². The summed E-state index contributed by atoms with van der Waals surface area (Å²) < 4.78 is 61.4. The summed E-state index contributed by atoms with van der Waals surface area (Å²) in [4.78, 5) is 0.197. The van der Waals surface area contributed by atoms with Crippen molar-refractivity contribution in [1.82, 2.24) is 4.72 Å². The van der Waals surface area contributed by atoms with Crippen LogP contribution in [-0.2, 0) is 16.6 Å². The highest BCUT2D eigenvalue weighted by Crippen LogP contribution is 2.29. The molecule has 0 bridgehead atoms. The number of rotatable bonds is 7. The van der Waals surface area contributed by atoms with Gasteiger partial charge in [-0.2, -0.15) is 8.78 Å². The van der Waals surface area contributed by atoms with Crippen molar-refractivity contribution < 1.29 is 26.7 Å². The first-order chi connectivity index (χ1) is 11.7. The topological polar surface area (TPSA) is 64.6 Å². The van der Waals surface area contributed by atoms with Gasteiger partial charge in [-0.05, 0) is 43.2 Å². The highest BCUT2D eigenvalue weighted by molar-refractivity contribution is 7.89. The third-order valence-electron chi connectivity index (χ3n) is 3.53. The molecule has 2 rings (SSSR count). The van der Waals surface area contributed by atoms with Crippen LogP contribution in [0.3, 0.4) is 0 Å². The van der Waals surface area contributed by atoms with Gasteiger partial charge in [-0.3, -0.25) is 0 Å². The van der Waals surface area contributed by atoms with Crippen LogP contribution in [0.1, 0.15) is 16.7 Å². The number of alkyl halides is 2. The first kappa shape index (κ1) is 19.1. The molecule has 0 aliphatic carbocycles. The Morgan fingerprint density at radius 3 is 2.40 bits per heavy atom. The summed E-state index contributed by atoms with van der Waals surface area (Å²) in [5.74, 6) is -0.0120. The fourth-order valence-electron chi connectivity index (χ4n) is 2.37. The zero-order chi connectivity index (χ0) is 18.6. The largest absolute Gasteiger partial charge is 0.493 e. The number of ether oxygens (including phenoxy) is 2. The second kappa shape index (κ2) is 7.79. The van der Waals surface area contributed by atoms with Crippen molar-refractivity contribution in [2.24, 2.45) is 0 Å². The molecular formula is C17H19F2NO4S. The zero-order valence-corrected chi connectivity index (χ0v) is 14.9. The van der Waals surface area contributed by atoms with Crippen molar-refractivity contribution >= 4 is 10.0 Å². The summed E-state index contributed by atoms with van der Waals surface area (Å²) in [5.41, 5.74) is 2.16. The smallest absolute Gasteiger partial charge is 0.387 e. The van der Waals surface area contributed by atoms with E-state index in [-0.39, 0.29) is 22.9 Å². The molecule has 2 aromatic carbocycles. The summed E-state index contributed by atoms with van der Waals surface area (Å²) in [6.45, 7) is 0.622. The molecule has 2 aromatic rings. The van der Waals surface area contributed by atoms with Crippen LogP contribution in [0.4, 0.5) is 8.78 Å². The van der Waals surface area contributed by atoms with Crippen molar-refractivity contribution in [1.29, 1.82) is 0 Å². The molecule has 136 valence electrons. The molecule has 0 saturated heterocycles. The van der Waals surface area contributed by atoms with Crippen LogP contribution >= 0.6 is 0 Å². The molecule has 0 spiro atoms. The fraction of sp³-hybridized carbons (Fsp3) is 0.294. The Kier molecular flexibility index (Phi) is 5.97. The predicted octanol–water partition coefficient (Wildman–Crippen LogP) is 3.39. The Bertz CT molecular complexity index is 854. The number of benzene rings is 2. The van der Waals surface area contributed by atoms with Gasteiger partial charge >= 0.3 is 6.61 Å². The lowest BCUT2D eigenvalue weighted by Gasteiger charge is -2.13. The van der Waals surface area contributed by atoms with E-state index in [1.54, 1.807) is 25.1 Å². The second-order valence-electron chi connectivity index (χ2n) is 5.46. The maximum Gasteiger partial charge on any atom is 0.387 e. The predicted molar refractivity (Wildman–Crippen MR) is 89.6 cm³/mol. The van der Waals surface area contributed by atoms with Gasteiger partial charge in [0.2, 0.25) is 10.0 Å². The minimum absolute atomic E-state index is 0.0129. The van der Waals surface area contributed by atoms with E-state index in [0.29, 0.717) is 11.1 Å². The van der Waals surface area contributed by atoms with E-state index in [2.05, 4.69) is 9.46 Å². The van der Waals surface area contributed by atoms with E-state index >= 15 is 0 Å². The first-order valence-electron chi connectivity index (χ1n) is 7.41. The summed E-state index contributed by atoms with van der Waals surface area (Å²) in [7, 11) is -2.38. The zero-order valence-electron chi connectivity index (χ0n) is 14.0. The maximum absolute atomic E-state index is 12.4. The molecule has 8 heteroatoms. The van der Waals surface area contributed by atoms with E-state index in [4.69, 9.17) is 4.74 Å². The standard InChI is InChI=1S/C17H19F2NO4S/c1-11-4-7-16(12(2)8-11)25(21,22)20-10-13-5-6-14(24-17(18)19)15(9-13)23-3/h4-9,17,20H,10H2,1-3H3. The van der Waals surface area contributed by atoms with Crippen LogP contribution in [0.2, 0.25) is 0 Å². The molecule has 0 atom stereocenters. The van der Waals surface area contributed by atoms with Gasteiger partial charge in [-0.15, -0.1) is 0 Å². The molecule has 1 N–H and O–H groups in total. The molecule has 0 amide bonds. The third-order valence-corrected chi connectivity index (χ3v) is 5.09. The summed E-state index contributed by atoms with van der Waals surface area (Å²) >= 11 is 0. The molecular weight excluding hydrogens is 352 g/mol. The SMILES string of the molecule is COc1cc(CNS(=O)(=O)c2ccc(C)cc2C)ccc1OC(F)F. The van der Waals surface area contributed by atoms with Gasteiger partial charge in [0.15, 0.2) is 11.5 Å². The Labute approximate surface area is 145 Å². The average molecular weight is 371 g/mol. The van der Waals surface area contributed by atoms with Crippen LogP contribution in [0.15, 0.2) is 41.3 Å². The van der Waals surface area contributed by atoms with Gasteiger partial charge in [0.05, 0.1) is 12.0 Å². The van der Waals surface area contributed by atoms with Crippen molar-refractivity contribution in [3.63, 3.8) is 0 Å². The average Bonchev–Trinajstić information content (AvgIpc) is 2.53. The van der Waals surface area contributed by atoms with E-state index < -0.39 is 16.6 Å². The minimum Gasteiger partial charge on any atom is -0.493 e. The number of sulfonamides is 1. The maximum atomic E-state index is 12.4. The Hall–Kier alpha value is -2.19. The van der Waals surface area contributed by atoms with Crippen LogP contribution < -0.4 is 14.2 Å². The Morgan fingerprint density at radius 2 is 1.80 bits per heavy atom. The molecule has 0 aromatic heterocycles. The highest BCUT2D eigenvalue weighted by atomic mass is 32.2. The van der Waals surface area contributed by atoms with Crippen LogP contribution in [-0.4, -0.2) is 22.1 Å². The van der Waals surface area contributed by atoms with Gasteiger partial charge in [0, 0.05) is 6.54 Å². The van der Waals surface area contributed by atoms with Gasteiger partial charge in [-0.1, -0.05) is 23.8 Å². The monoisotopic (exact) mass is 371 g/mol. The normalized spacial score (nSPS) is 11.6. The number of hydrogen-bond donors (Lipinski definition) is 1. The van der Waals surface area contributed by atoms with Gasteiger partial charge in [0.1, 0.15) is 0 Å². The number of hydrogen-bond acceptors (Lipinski definition) is 4. The van der Waals surface area contributed by atoms with E-state index in [0.717, 1.165) is 5.56 Å². The molecule has 25 heavy (non-hydrogen) atoms. The van der Waals surface area contributed by atoms with Gasteiger partial charge < -0.3 is 9.47 Å². The van der Waals surface area contributed by atoms with Crippen LogP contribution in [0, 0.1) is 13.8 Å². The molecule has 0 heterocycles. The molecule has 0 radical (unpaired) electrons. The van der Waals surface area contributed by atoms with Crippen molar-refractivity contribution in [3.8, 4) is 11.5 Å². The fourth-order valence-corrected chi connectivity index (χ4v) is 3.61. The number of nitrogens with one attached hydrogen (secondary N) is 1. The number of methoxy groups -OCH3 is 1. The van der Waals surface area contributed by atoms with Crippen LogP contribution in [0.25, 0.3) is 0 Å². The van der Waals surface area contributed by atoms with Crippen molar-refractivity contribution in [2.75, 3.05) is 7.11 Å². The minimum atomic E-state index is -3.70. The lowest BCUT2D eigenvalue weighted by Crippen LogP contribution is -2.24. The van der Waals surface area contributed by atoms with Crippen LogP contribution in [0.5, 0.6) is 11.5 Å². The van der Waals surface area contributed by atoms with E-state index in [1.165, 1.54) is 25.3 Å². The van der Waals surface area contributed by atoms with Crippen molar-refractivity contribution in [2.45, 2.75) is 31.9 Å². The van der Waals surface area contributed by atoms with E-state index in [1.807, 2.05) is 6.92 Å². The second-order valence-corrected chi connectivity index (χ2v) is 7.19.